The molecule has 1 unspecified atom stereocenters. The Hall–Kier alpha value is -0.820. The molecule has 1 aromatic rings. The van der Waals surface area contributed by atoms with E-state index in [-0.39, 0.29) is 0 Å². The summed E-state index contributed by atoms with van der Waals surface area (Å²) in [6.45, 7) is 7.94. The Labute approximate surface area is 100 Å². The minimum atomic E-state index is 0.577. The Morgan fingerprint density at radius 1 is 1.06 bits per heavy atom. The molecule has 1 atom stereocenters. The molecule has 0 aliphatic rings. The van der Waals surface area contributed by atoms with Gasteiger partial charge in [0, 0.05) is 6.04 Å². The fourth-order valence-corrected chi connectivity index (χ4v) is 2.03. The zero-order valence-corrected chi connectivity index (χ0v) is 11.1. The summed E-state index contributed by atoms with van der Waals surface area (Å²) in [5.74, 6) is 0.788. The lowest BCUT2D eigenvalue weighted by molar-refractivity contribution is 0.234. The molecule has 1 heteroatoms. The van der Waals surface area contributed by atoms with Crippen molar-refractivity contribution in [3.8, 4) is 0 Å². The zero-order valence-electron chi connectivity index (χ0n) is 11.1. The van der Waals surface area contributed by atoms with Gasteiger partial charge in [0.1, 0.15) is 0 Å². The Morgan fingerprint density at radius 2 is 1.69 bits per heavy atom. The monoisotopic (exact) mass is 219 g/mol. The lowest BCUT2D eigenvalue weighted by Crippen LogP contribution is -2.24. The molecule has 0 radical (unpaired) electrons. The highest BCUT2D eigenvalue weighted by molar-refractivity contribution is 5.18. The van der Waals surface area contributed by atoms with Crippen molar-refractivity contribution in [2.45, 2.75) is 39.7 Å². The van der Waals surface area contributed by atoms with Gasteiger partial charge in [0.25, 0.3) is 0 Å². The van der Waals surface area contributed by atoms with E-state index < -0.39 is 0 Å². The van der Waals surface area contributed by atoms with Crippen LogP contribution in [0.25, 0.3) is 0 Å². The molecular weight excluding hydrogens is 194 g/mol. The van der Waals surface area contributed by atoms with Crippen molar-refractivity contribution >= 4 is 0 Å². The molecule has 0 saturated heterocycles. The Morgan fingerprint density at radius 3 is 2.19 bits per heavy atom. The summed E-state index contributed by atoms with van der Waals surface area (Å²) < 4.78 is 0. The lowest BCUT2D eigenvalue weighted by atomic mass is 9.96. The maximum absolute atomic E-state index is 2.44. The Kier molecular flexibility index (Phi) is 5.54. The smallest absolute Gasteiger partial charge is 0.0345 e. The molecular formula is C15H25N. The van der Waals surface area contributed by atoms with E-state index in [2.05, 4.69) is 63.1 Å². The molecule has 0 aliphatic carbocycles. The van der Waals surface area contributed by atoms with Crippen LogP contribution in [0.3, 0.4) is 0 Å². The minimum Gasteiger partial charge on any atom is -0.300 e. The third-order valence-corrected chi connectivity index (χ3v) is 3.23. The minimum absolute atomic E-state index is 0.577. The average Bonchev–Trinajstić information content (AvgIpc) is 2.30. The largest absolute Gasteiger partial charge is 0.300 e. The van der Waals surface area contributed by atoms with Crippen LogP contribution in [0.15, 0.2) is 30.3 Å². The molecule has 0 saturated carbocycles. The van der Waals surface area contributed by atoms with Crippen LogP contribution in [0, 0.1) is 5.92 Å². The van der Waals surface area contributed by atoms with E-state index >= 15 is 0 Å². The third kappa shape index (κ3) is 3.97. The molecule has 90 valence electrons. The number of rotatable bonds is 6. The van der Waals surface area contributed by atoms with Gasteiger partial charge in [0.2, 0.25) is 0 Å². The van der Waals surface area contributed by atoms with Crippen LogP contribution in [0.4, 0.5) is 0 Å². The first kappa shape index (κ1) is 13.2. The standard InChI is InChI=1S/C15H25N/c1-5-16(4)15(12-11-13(2)3)14-9-7-6-8-10-14/h6-10,13,15H,5,11-12H2,1-4H3. The van der Waals surface area contributed by atoms with E-state index in [1.54, 1.807) is 0 Å². The first-order chi connectivity index (χ1) is 7.65. The first-order valence-electron chi connectivity index (χ1n) is 6.40. The molecule has 0 bridgehead atoms. The van der Waals surface area contributed by atoms with Crippen molar-refractivity contribution in [2.24, 2.45) is 5.92 Å². The molecule has 0 amide bonds. The van der Waals surface area contributed by atoms with Crippen molar-refractivity contribution in [2.75, 3.05) is 13.6 Å². The van der Waals surface area contributed by atoms with E-state index in [4.69, 9.17) is 0 Å². The van der Waals surface area contributed by atoms with Gasteiger partial charge in [0.05, 0.1) is 0 Å². The topological polar surface area (TPSA) is 3.24 Å². The van der Waals surface area contributed by atoms with Gasteiger partial charge in [-0.3, -0.25) is 4.90 Å². The van der Waals surface area contributed by atoms with Crippen LogP contribution in [0.5, 0.6) is 0 Å². The number of benzene rings is 1. The van der Waals surface area contributed by atoms with Crippen LogP contribution < -0.4 is 0 Å². The summed E-state index contributed by atoms with van der Waals surface area (Å²) in [7, 11) is 2.22. The fourth-order valence-electron chi connectivity index (χ4n) is 2.03. The van der Waals surface area contributed by atoms with E-state index in [0.29, 0.717) is 6.04 Å². The summed E-state index contributed by atoms with van der Waals surface area (Å²) >= 11 is 0. The van der Waals surface area contributed by atoms with Gasteiger partial charge in [-0.2, -0.15) is 0 Å². The van der Waals surface area contributed by atoms with Gasteiger partial charge >= 0.3 is 0 Å². The van der Waals surface area contributed by atoms with Gasteiger partial charge in [0.15, 0.2) is 0 Å². The quantitative estimate of drug-likeness (QED) is 0.696. The Bertz CT molecular complexity index is 279. The third-order valence-electron chi connectivity index (χ3n) is 3.23. The van der Waals surface area contributed by atoms with Crippen LogP contribution in [0.2, 0.25) is 0 Å². The molecule has 1 aromatic carbocycles. The van der Waals surface area contributed by atoms with Crippen molar-refractivity contribution in [1.29, 1.82) is 0 Å². The normalized spacial score (nSPS) is 13.4. The summed E-state index contributed by atoms with van der Waals surface area (Å²) in [5, 5.41) is 0. The highest BCUT2D eigenvalue weighted by Gasteiger charge is 2.15. The Balaban J connectivity index is 2.71. The second-order valence-electron chi connectivity index (χ2n) is 4.97. The van der Waals surface area contributed by atoms with Crippen molar-refractivity contribution in [3.05, 3.63) is 35.9 Å². The van der Waals surface area contributed by atoms with Crippen LogP contribution >= 0.6 is 0 Å². The predicted molar refractivity (Wildman–Crippen MR) is 71.6 cm³/mol. The molecule has 0 spiro atoms. The molecule has 16 heavy (non-hydrogen) atoms. The molecule has 0 N–H and O–H groups in total. The SMILES string of the molecule is CCN(C)C(CCC(C)C)c1ccccc1. The molecule has 0 fully saturated rings. The summed E-state index contributed by atoms with van der Waals surface area (Å²) in [6, 6.07) is 11.4. The van der Waals surface area contributed by atoms with Gasteiger partial charge in [-0.15, -0.1) is 0 Å². The van der Waals surface area contributed by atoms with E-state index in [9.17, 15) is 0 Å². The van der Waals surface area contributed by atoms with Gasteiger partial charge in [-0.1, -0.05) is 51.1 Å². The highest BCUT2D eigenvalue weighted by atomic mass is 15.1. The van der Waals surface area contributed by atoms with Crippen molar-refractivity contribution < 1.29 is 0 Å². The molecule has 0 aliphatic heterocycles. The summed E-state index contributed by atoms with van der Waals surface area (Å²) in [6.07, 6.45) is 2.55. The van der Waals surface area contributed by atoms with E-state index in [1.807, 2.05) is 0 Å². The lowest BCUT2D eigenvalue weighted by Gasteiger charge is -2.28. The predicted octanol–water partition coefficient (Wildman–Crippen LogP) is 4.12. The van der Waals surface area contributed by atoms with E-state index in [1.165, 1.54) is 18.4 Å². The molecule has 1 rings (SSSR count). The number of nitrogens with zero attached hydrogens (tertiary/aromatic N) is 1. The van der Waals surface area contributed by atoms with Crippen molar-refractivity contribution in [1.82, 2.24) is 4.90 Å². The fraction of sp³-hybridized carbons (Fsp3) is 0.600. The number of hydrogen-bond acceptors (Lipinski definition) is 1. The maximum atomic E-state index is 2.44. The zero-order chi connectivity index (χ0) is 12.0. The molecule has 0 aromatic heterocycles. The molecule has 0 heterocycles. The van der Waals surface area contributed by atoms with Crippen molar-refractivity contribution in [3.63, 3.8) is 0 Å². The van der Waals surface area contributed by atoms with E-state index in [0.717, 1.165) is 12.5 Å². The molecule has 1 nitrogen and oxygen atoms in total. The highest BCUT2D eigenvalue weighted by Crippen LogP contribution is 2.25. The van der Waals surface area contributed by atoms with Gasteiger partial charge in [-0.25, -0.2) is 0 Å². The van der Waals surface area contributed by atoms with Gasteiger partial charge < -0.3 is 0 Å². The summed E-state index contributed by atoms with van der Waals surface area (Å²) in [5.41, 5.74) is 1.45. The summed E-state index contributed by atoms with van der Waals surface area (Å²) in [4.78, 5) is 2.44. The van der Waals surface area contributed by atoms with Crippen LogP contribution in [-0.2, 0) is 0 Å². The first-order valence-corrected chi connectivity index (χ1v) is 6.40. The second-order valence-corrected chi connectivity index (χ2v) is 4.97. The van der Waals surface area contributed by atoms with Crippen LogP contribution in [0.1, 0.15) is 45.2 Å². The van der Waals surface area contributed by atoms with Gasteiger partial charge in [-0.05, 0) is 37.9 Å². The number of hydrogen-bond donors (Lipinski definition) is 0. The average molecular weight is 219 g/mol. The van der Waals surface area contributed by atoms with Crippen LogP contribution in [-0.4, -0.2) is 18.5 Å². The second kappa shape index (κ2) is 6.70. The maximum Gasteiger partial charge on any atom is 0.0345 e.